The van der Waals surface area contributed by atoms with Crippen LogP contribution < -0.4 is 0 Å². The molecule has 1 saturated heterocycles. The van der Waals surface area contributed by atoms with Crippen LogP contribution in [0.4, 0.5) is 8.78 Å². The molecule has 0 N–H and O–H groups in total. The smallest absolute Gasteiger partial charge is 0.251 e. The molecule has 1 atom stereocenters. The molecule has 0 aromatic rings. The Morgan fingerprint density at radius 3 is 2.71 bits per heavy atom. The van der Waals surface area contributed by atoms with Gasteiger partial charge in [-0.05, 0) is 19.4 Å². The van der Waals surface area contributed by atoms with Crippen LogP contribution in [0.15, 0.2) is 0 Å². The molecule has 1 nitrogen and oxygen atoms in total. The predicted octanol–water partition coefficient (Wildman–Crippen LogP) is 2.38. The minimum atomic E-state index is -2.24. The van der Waals surface area contributed by atoms with Crippen molar-refractivity contribution in [3.8, 4) is 11.8 Å². The first-order chi connectivity index (χ1) is 6.59. The standard InChI is InChI=1S/C11H17F2N/c1-9(2)5-6-10-4-3-7-14(10)8-11(12)13/h9-11H,3-4,7-8H2,1-2H3. The molecule has 0 aromatic carbocycles. The van der Waals surface area contributed by atoms with Crippen LogP contribution in [0.2, 0.25) is 0 Å². The minimum absolute atomic E-state index is 0.0615. The van der Waals surface area contributed by atoms with Crippen molar-refractivity contribution in [3.63, 3.8) is 0 Å². The third-order valence-corrected chi connectivity index (χ3v) is 2.27. The topological polar surface area (TPSA) is 3.24 Å². The number of hydrogen-bond donors (Lipinski definition) is 0. The fraction of sp³-hybridized carbons (Fsp3) is 0.818. The lowest BCUT2D eigenvalue weighted by Crippen LogP contribution is -2.32. The highest BCUT2D eigenvalue weighted by atomic mass is 19.3. The van der Waals surface area contributed by atoms with Crippen LogP contribution in [0.25, 0.3) is 0 Å². The second kappa shape index (κ2) is 5.31. The summed E-state index contributed by atoms with van der Waals surface area (Å²) in [7, 11) is 0. The van der Waals surface area contributed by atoms with Crippen molar-refractivity contribution >= 4 is 0 Å². The molecule has 0 aromatic heterocycles. The number of rotatable bonds is 2. The maximum Gasteiger partial charge on any atom is 0.251 e. The molecule has 80 valence electrons. The Labute approximate surface area is 84.5 Å². The van der Waals surface area contributed by atoms with E-state index in [0.717, 1.165) is 19.4 Å². The molecule has 0 saturated carbocycles. The molecule has 1 fully saturated rings. The Kier molecular flexibility index (Phi) is 4.34. The lowest BCUT2D eigenvalue weighted by molar-refractivity contribution is 0.0912. The van der Waals surface area contributed by atoms with E-state index in [4.69, 9.17) is 0 Å². The van der Waals surface area contributed by atoms with E-state index in [9.17, 15) is 8.78 Å². The Morgan fingerprint density at radius 1 is 1.43 bits per heavy atom. The quantitative estimate of drug-likeness (QED) is 0.620. The van der Waals surface area contributed by atoms with Gasteiger partial charge >= 0.3 is 0 Å². The van der Waals surface area contributed by atoms with Crippen LogP contribution in [0.3, 0.4) is 0 Å². The van der Waals surface area contributed by atoms with Gasteiger partial charge in [-0.25, -0.2) is 8.78 Å². The fourth-order valence-electron chi connectivity index (χ4n) is 1.65. The summed E-state index contributed by atoms with van der Waals surface area (Å²) >= 11 is 0. The minimum Gasteiger partial charge on any atom is -0.284 e. The zero-order valence-electron chi connectivity index (χ0n) is 8.76. The SMILES string of the molecule is CC(C)C#CC1CCCN1CC(F)F. The van der Waals surface area contributed by atoms with Crippen LogP contribution in [-0.4, -0.2) is 30.5 Å². The highest BCUT2D eigenvalue weighted by molar-refractivity contribution is 5.11. The van der Waals surface area contributed by atoms with Crippen molar-refractivity contribution in [3.05, 3.63) is 0 Å². The molecule has 0 radical (unpaired) electrons. The molecular formula is C11H17F2N. The van der Waals surface area contributed by atoms with Crippen LogP contribution in [0.1, 0.15) is 26.7 Å². The number of hydrogen-bond acceptors (Lipinski definition) is 1. The van der Waals surface area contributed by atoms with E-state index in [1.165, 1.54) is 0 Å². The van der Waals surface area contributed by atoms with Gasteiger partial charge in [-0.1, -0.05) is 25.7 Å². The van der Waals surface area contributed by atoms with Gasteiger partial charge in [0.15, 0.2) is 0 Å². The van der Waals surface area contributed by atoms with Crippen LogP contribution in [-0.2, 0) is 0 Å². The average molecular weight is 201 g/mol. The fourth-order valence-corrected chi connectivity index (χ4v) is 1.65. The highest BCUT2D eigenvalue weighted by Crippen LogP contribution is 2.17. The number of likely N-dealkylation sites (tertiary alicyclic amines) is 1. The van der Waals surface area contributed by atoms with Crippen molar-refractivity contribution in [2.45, 2.75) is 39.2 Å². The van der Waals surface area contributed by atoms with E-state index >= 15 is 0 Å². The van der Waals surface area contributed by atoms with E-state index in [1.807, 2.05) is 13.8 Å². The second-order valence-corrected chi connectivity index (χ2v) is 3.99. The first kappa shape index (κ1) is 11.5. The summed E-state index contributed by atoms with van der Waals surface area (Å²) in [6.45, 7) is 4.66. The van der Waals surface area contributed by atoms with Gasteiger partial charge in [0.2, 0.25) is 0 Å². The van der Waals surface area contributed by atoms with Crippen molar-refractivity contribution in [2.24, 2.45) is 5.92 Å². The van der Waals surface area contributed by atoms with Gasteiger partial charge in [0.25, 0.3) is 6.43 Å². The molecule has 14 heavy (non-hydrogen) atoms. The predicted molar refractivity (Wildman–Crippen MR) is 53.2 cm³/mol. The van der Waals surface area contributed by atoms with Crippen LogP contribution in [0, 0.1) is 17.8 Å². The Bertz CT molecular complexity index is 227. The average Bonchev–Trinajstić information content (AvgIpc) is 2.47. The lowest BCUT2D eigenvalue weighted by Gasteiger charge is -2.19. The molecule has 3 heteroatoms. The summed E-state index contributed by atoms with van der Waals surface area (Å²) in [5.74, 6) is 6.46. The van der Waals surface area contributed by atoms with E-state index in [2.05, 4.69) is 11.8 Å². The molecule has 0 aliphatic carbocycles. The van der Waals surface area contributed by atoms with E-state index in [0.29, 0.717) is 5.92 Å². The third kappa shape index (κ3) is 3.63. The Balaban J connectivity index is 2.48. The normalized spacial score (nSPS) is 22.9. The molecule has 1 aliphatic rings. The summed E-state index contributed by atoms with van der Waals surface area (Å²) in [5.41, 5.74) is 0. The first-order valence-corrected chi connectivity index (χ1v) is 5.13. The van der Waals surface area contributed by atoms with Gasteiger partial charge in [-0.2, -0.15) is 0 Å². The van der Waals surface area contributed by atoms with Crippen molar-refractivity contribution < 1.29 is 8.78 Å². The van der Waals surface area contributed by atoms with Gasteiger partial charge in [0.05, 0.1) is 12.6 Å². The van der Waals surface area contributed by atoms with Gasteiger partial charge in [0, 0.05) is 5.92 Å². The molecule has 1 unspecified atom stereocenters. The zero-order chi connectivity index (χ0) is 10.6. The molecule has 0 spiro atoms. The zero-order valence-corrected chi connectivity index (χ0v) is 8.76. The lowest BCUT2D eigenvalue weighted by atomic mass is 10.2. The third-order valence-electron chi connectivity index (χ3n) is 2.27. The largest absolute Gasteiger partial charge is 0.284 e. The van der Waals surface area contributed by atoms with Crippen molar-refractivity contribution in [1.29, 1.82) is 0 Å². The molecule has 0 amide bonds. The van der Waals surface area contributed by atoms with Gasteiger partial charge in [-0.3, -0.25) is 4.90 Å². The van der Waals surface area contributed by atoms with E-state index in [1.54, 1.807) is 4.90 Å². The summed E-state index contributed by atoms with van der Waals surface area (Å²) in [6, 6.07) is 0.0615. The van der Waals surface area contributed by atoms with E-state index in [-0.39, 0.29) is 12.6 Å². The molecule has 1 aliphatic heterocycles. The van der Waals surface area contributed by atoms with Crippen LogP contribution in [0.5, 0.6) is 0 Å². The summed E-state index contributed by atoms with van der Waals surface area (Å²) in [6.07, 6.45) is -0.312. The number of nitrogens with zero attached hydrogens (tertiary/aromatic N) is 1. The van der Waals surface area contributed by atoms with Crippen LogP contribution >= 0.6 is 0 Å². The monoisotopic (exact) mass is 201 g/mol. The van der Waals surface area contributed by atoms with Crippen molar-refractivity contribution in [2.75, 3.05) is 13.1 Å². The first-order valence-electron chi connectivity index (χ1n) is 5.13. The van der Waals surface area contributed by atoms with E-state index < -0.39 is 6.43 Å². The Hall–Kier alpha value is -0.620. The Morgan fingerprint density at radius 2 is 2.14 bits per heavy atom. The molecule has 1 heterocycles. The number of halogens is 2. The molecule has 0 bridgehead atoms. The van der Waals surface area contributed by atoms with Gasteiger partial charge < -0.3 is 0 Å². The number of alkyl halides is 2. The maximum atomic E-state index is 12.2. The molecule has 1 rings (SSSR count). The summed E-state index contributed by atoms with van der Waals surface area (Å²) < 4.78 is 24.3. The van der Waals surface area contributed by atoms with Gasteiger partial charge in [-0.15, -0.1) is 0 Å². The second-order valence-electron chi connectivity index (χ2n) is 3.99. The maximum absolute atomic E-state index is 12.2. The van der Waals surface area contributed by atoms with Gasteiger partial charge in [0.1, 0.15) is 0 Å². The summed E-state index contributed by atoms with van der Waals surface area (Å²) in [5, 5.41) is 0. The van der Waals surface area contributed by atoms with Crippen molar-refractivity contribution in [1.82, 2.24) is 4.90 Å². The summed E-state index contributed by atoms with van der Waals surface area (Å²) in [4.78, 5) is 1.79. The highest BCUT2D eigenvalue weighted by Gasteiger charge is 2.24. The molecular weight excluding hydrogens is 184 g/mol.